The predicted molar refractivity (Wildman–Crippen MR) is 103 cm³/mol. The lowest BCUT2D eigenvalue weighted by molar-refractivity contribution is -0.135. The summed E-state index contributed by atoms with van der Waals surface area (Å²) in [6.45, 7) is 2.81. The third kappa shape index (κ3) is 4.54. The zero-order valence-corrected chi connectivity index (χ0v) is 15.5. The van der Waals surface area contributed by atoms with Crippen LogP contribution in [0.25, 0.3) is 0 Å². The van der Waals surface area contributed by atoms with Crippen molar-refractivity contribution in [3.8, 4) is 6.07 Å². The topological polar surface area (TPSA) is 93.5 Å². The number of hydrogen-bond acceptors (Lipinski definition) is 4. The summed E-state index contributed by atoms with van der Waals surface area (Å²) in [5, 5.41) is 11.5. The van der Waals surface area contributed by atoms with Gasteiger partial charge in [-0.1, -0.05) is 12.1 Å². The number of anilines is 1. The summed E-state index contributed by atoms with van der Waals surface area (Å²) in [5.74, 6) is -0.498. The molecule has 28 heavy (non-hydrogen) atoms. The molecule has 3 amide bonds. The lowest BCUT2D eigenvalue weighted by atomic mass is 10.1. The molecule has 0 radical (unpaired) electrons. The minimum atomic E-state index is -0.208. The van der Waals surface area contributed by atoms with Gasteiger partial charge in [0.1, 0.15) is 6.54 Å². The lowest BCUT2D eigenvalue weighted by Crippen LogP contribution is -2.51. The van der Waals surface area contributed by atoms with Gasteiger partial charge in [-0.05, 0) is 42.0 Å². The summed E-state index contributed by atoms with van der Waals surface area (Å²) in [7, 11) is 0. The van der Waals surface area contributed by atoms with Gasteiger partial charge < -0.3 is 15.1 Å². The molecule has 0 atom stereocenters. The van der Waals surface area contributed by atoms with Crippen molar-refractivity contribution < 1.29 is 14.4 Å². The minimum absolute atomic E-state index is 0.0303. The van der Waals surface area contributed by atoms with Crippen molar-refractivity contribution >= 4 is 23.4 Å². The highest BCUT2D eigenvalue weighted by Gasteiger charge is 2.27. The van der Waals surface area contributed by atoms with Crippen LogP contribution in [0.2, 0.25) is 0 Å². The Morgan fingerprint density at radius 2 is 1.75 bits per heavy atom. The Bertz CT molecular complexity index is 930. The zero-order valence-electron chi connectivity index (χ0n) is 15.5. The number of nitrogens with one attached hydrogen (secondary N) is 1. The normalized spacial score (nSPS) is 13.8. The zero-order chi connectivity index (χ0) is 20.1. The number of rotatable bonds is 4. The molecule has 2 aromatic carbocycles. The fourth-order valence-corrected chi connectivity index (χ4v) is 3.04. The minimum Gasteiger partial charge on any atom is -0.335 e. The molecule has 1 aliphatic rings. The largest absolute Gasteiger partial charge is 0.335 e. The van der Waals surface area contributed by atoms with Crippen molar-refractivity contribution in [2.75, 3.05) is 25.0 Å². The van der Waals surface area contributed by atoms with Crippen LogP contribution in [0.5, 0.6) is 0 Å². The van der Waals surface area contributed by atoms with E-state index in [2.05, 4.69) is 11.4 Å². The molecule has 0 aromatic heterocycles. The predicted octanol–water partition coefficient (Wildman–Crippen LogP) is 2.00. The Morgan fingerprint density at radius 1 is 1.07 bits per heavy atom. The third-order valence-corrected chi connectivity index (χ3v) is 4.51. The van der Waals surface area contributed by atoms with E-state index in [1.54, 1.807) is 41.3 Å². The highest BCUT2D eigenvalue weighted by molar-refractivity contribution is 5.97. The van der Waals surface area contributed by atoms with Crippen molar-refractivity contribution in [2.24, 2.45) is 0 Å². The molecule has 1 heterocycles. The molecule has 7 heteroatoms. The lowest BCUT2D eigenvalue weighted by Gasteiger charge is -2.34. The van der Waals surface area contributed by atoms with Crippen LogP contribution in [-0.2, 0) is 16.1 Å². The molecule has 142 valence electrons. The monoisotopic (exact) mass is 376 g/mol. The van der Waals surface area contributed by atoms with Gasteiger partial charge in [-0.15, -0.1) is 0 Å². The van der Waals surface area contributed by atoms with Crippen LogP contribution >= 0.6 is 0 Å². The van der Waals surface area contributed by atoms with Gasteiger partial charge in [-0.25, -0.2) is 0 Å². The van der Waals surface area contributed by atoms with Gasteiger partial charge in [0.05, 0.1) is 11.6 Å². The molecule has 0 saturated carbocycles. The van der Waals surface area contributed by atoms with Crippen molar-refractivity contribution in [2.45, 2.75) is 13.5 Å². The van der Waals surface area contributed by atoms with Crippen molar-refractivity contribution in [1.82, 2.24) is 9.80 Å². The van der Waals surface area contributed by atoms with E-state index in [0.717, 1.165) is 5.56 Å². The smallest absolute Gasteiger partial charge is 0.254 e. The molecular formula is C21H20N4O3. The van der Waals surface area contributed by atoms with E-state index < -0.39 is 0 Å². The Morgan fingerprint density at radius 3 is 2.32 bits per heavy atom. The van der Waals surface area contributed by atoms with Crippen LogP contribution in [0.15, 0.2) is 48.5 Å². The van der Waals surface area contributed by atoms with E-state index in [-0.39, 0.29) is 24.3 Å². The number of carbonyl (C=O) groups is 3. The van der Waals surface area contributed by atoms with E-state index in [1.165, 1.54) is 11.8 Å². The van der Waals surface area contributed by atoms with E-state index in [0.29, 0.717) is 36.4 Å². The first-order chi connectivity index (χ1) is 13.5. The Labute approximate surface area is 163 Å². The molecule has 0 bridgehead atoms. The Balaban J connectivity index is 1.59. The van der Waals surface area contributed by atoms with Gasteiger partial charge in [0.2, 0.25) is 11.8 Å². The number of carbonyl (C=O) groups excluding carboxylic acids is 3. The van der Waals surface area contributed by atoms with Gasteiger partial charge in [0, 0.05) is 37.8 Å². The molecular weight excluding hydrogens is 356 g/mol. The standard InChI is InChI=1S/C21H20N4O3/c1-15(26)23-19-8-6-18(7-9-19)21(28)25-11-10-24(20(27)14-25)13-17-4-2-16(12-22)3-5-17/h2-9H,10-11,13-14H2,1H3,(H,23,26). The maximum Gasteiger partial charge on any atom is 0.254 e. The van der Waals surface area contributed by atoms with Crippen LogP contribution in [0.4, 0.5) is 5.69 Å². The van der Waals surface area contributed by atoms with E-state index in [1.807, 2.05) is 12.1 Å². The van der Waals surface area contributed by atoms with Crippen LogP contribution in [-0.4, -0.2) is 47.2 Å². The summed E-state index contributed by atoms with van der Waals surface area (Å²) in [5.41, 5.74) is 2.62. The Kier molecular flexibility index (Phi) is 5.70. The summed E-state index contributed by atoms with van der Waals surface area (Å²) < 4.78 is 0. The quantitative estimate of drug-likeness (QED) is 0.883. The van der Waals surface area contributed by atoms with Crippen molar-refractivity contribution in [3.63, 3.8) is 0 Å². The van der Waals surface area contributed by atoms with Gasteiger partial charge >= 0.3 is 0 Å². The van der Waals surface area contributed by atoms with E-state index in [9.17, 15) is 14.4 Å². The molecule has 1 aliphatic heterocycles. The van der Waals surface area contributed by atoms with Gasteiger partial charge in [0.15, 0.2) is 0 Å². The van der Waals surface area contributed by atoms with E-state index in [4.69, 9.17) is 5.26 Å². The fraction of sp³-hybridized carbons (Fsp3) is 0.238. The maximum atomic E-state index is 12.7. The third-order valence-electron chi connectivity index (χ3n) is 4.51. The fourth-order valence-electron chi connectivity index (χ4n) is 3.04. The molecule has 7 nitrogen and oxygen atoms in total. The van der Waals surface area contributed by atoms with E-state index >= 15 is 0 Å². The number of piperazine rings is 1. The second-order valence-electron chi connectivity index (χ2n) is 6.61. The summed E-state index contributed by atoms with van der Waals surface area (Å²) in [4.78, 5) is 39.4. The number of nitrogens with zero attached hydrogens (tertiary/aromatic N) is 3. The number of nitriles is 1. The first kappa shape index (κ1) is 19.1. The second kappa shape index (κ2) is 8.35. The van der Waals surface area contributed by atoms with Crippen molar-refractivity contribution in [1.29, 1.82) is 5.26 Å². The average Bonchev–Trinajstić information content (AvgIpc) is 2.69. The summed E-state index contributed by atoms with van der Waals surface area (Å²) >= 11 is 0. The molecule has 0 spiro atoms. The highest BCUT2D eigenvalue weighted by Crippen LogP contribution is 2.15. The van der Waals surface area contributed by atoms with Crippen LogP contribution in [0, 0.1) is 11.3 Å². The molecule has 1 fully saturated rings. The highest BCUT2D eigenvalue weighted by atomic mass is 16.2. The number of benzene rings is 2. The first-order valence-corrected chi connectivity index (χ1v) is 8.90. The van der Waals surface area contributed by atoms with Gasteiger partial charge in [-0.2, -0.15) is 5.26 Å². The molecule has 2 aromatic rings. The molecule has 1 N–H and O–H groups in total. The van der Waals surface area contributed by atoms with Crippen LogP contribution in [0.1, 0.15) is 28.4 Å². The Hall–Kier alpha value is -3.66. The molecule has 1 saturated heterocycles. The van der Waals surface area contributed by atoms with Gasteiger partial charge in [0.25, 0.3) is 5.91 Å². The summed E-state index contributed by atoms with van der Waals surface area (Å²) in [6.07, 6.45) is 0. The molecule has 0 aliphatic carbocycles. The molecule has 3 rings (SSSR count). The SMILES string of the molecule is CC(=O)Nc1ccc(C(=O)N2CCN(Cc3ccc(C#N)cc3)C(=O)C2)cc1. The van der Waals surface area contributed by atoms with Crippen LogP contribution < -0.4 is 5.32 Å². The molecule has 0 unspecified atom stereocenters. The summed E-state index contributed by atoms with van der Waals surface area (Å²) in [6, 6.07) is 15.8. The second-order valence-corrected chi connectivity index (χ2v) is 6.61. The number of amides is 3. The van der Waals surface area contributed by atoms with Crippen LogP contribution in [0.3, 0.4) is 0 Å². The average molecular weight is 376 g/mol. The first-order valence-electron chi connectivity index (χ1n) is 8.90. The van der Waals surface area contributed by atoms with Crippen molar-refractivity contribution in [3.05, 3.63) is 65.2 Å². The maximum absolute atomic E-state index is 12.7. The van der Waals surface area contributed by atoms with Gasteiger partial charge in [-0.3, -0.25) is 14.4 Å². The number of hydrogen-bond donors (Lipinski definition) is 1.